The van der Waals surface area contributed by atoms with E-state index in [9.17, 15) is 9.59 Å². The van der Waals surface area contributed by atoms with Crippen LogP contribution in [-0.4, -0.2) is 40.5 Å². The summed E-state index contributed by atoms with van der Waals surface area (Å²) < 4.78 is 12.1. The van der Waals surface area contributed by atoms with Gasteiger partial charge in [0, 0.05) is 26.0 Å². The minimum atomic E-state index is -0.444. The van der Waals surface area contributed by atoms with E-state index in [4.69, 9.17) is 9.15 Å². The fourth-order valence-corrected chi connectivity index (χ4v) is 2.41. The van der Waals surface area contributed by atoms with Crippen LogP contribution >= 0.6 is 0 Å². The number of methoxy groups -OCH3 is 1. The molecule has 0 aliphatic heterocycles. The van der Waals surface area contributed by atoms with E-state index >= 15 is 0 Å². The number of nitrogens with zero attached hydrogens (tertiary/aromatic N) is 3. The first kappa shape index (κ1) is 16.8. The Morgan fingerprint density at radius 2 is 2.22 bits per heavy atom. The van der Waals surface area contributed by atoms with Crippen molar-refractivity contribution in [1.29, 1.82) is 0 Å². The Morgan fingerprint density at radius 1 is 1.48 bits per heavy atom. The van der Waals surface area contributed by atoms with Crippen LogP contribution < -0.4 is 0 Å². The molecule has 2 heterocycles. The molecule has 1 atom stereocenters. The van der Waals surface area contributed by atoms with Crippen molar-refractivity contribution in [1.82, 2.24) is 14.5 Å². The van der Waals surface area contributed by atoms with Gasteiger partial charge in [-0.15, -0.1) is 0 Å². The van der Waals surface area contributed by atoms with E-state index in [0.717, 1.165) is 0 Å². The summed E-state index contributed by atoms with van der Waals surface area (Å²) >= 11 is 0. The molecule has 0 N–H and O–H groups in total. The van der Waals surface area contributed by atoms with Gasteiger partial charge in [0.15, 0.2) is 0 Å². The quantitative estimate of drug-likeness (QED) is 0.760. The zero-order valence-electron chi connectivity index (χ0n) is 13.8. The number of furan rings is 1. The normalized spacial score (nSPS) is 12.0. The zero-order chi connectivity index (χ0) is 17.0. The summed E-state index contributed by atoms with van der Waals surface area (Å²) in [6.07, 6.45) is 5.19. The number of rotatable bonds is 6. The minimum absolute atomic E-state index is 0.00706. The highest BCUT2D eigenvalue weighted by Gasteiger charge is 2.21. The van der Waals surface area contributed by atoms with Crippen molar-refractivity contribution in [2.75, 3.05) is 14.2 Å². The number of amides is 1. The van der Waals surface area contributed by atoms with E-state index in [-0.39, 0.29) is 11.8 Å². The summed E-state index contributed by atoms with van der Waals surface area (Å²) in [5.41, 5.74) is 0.384. The number of aromatic nitrogens is 2. The third-order valence-corrected chi connectivity index (χ3v) is 3.61. The molecule has 23 heavy (non-hydrogen) atoms. The smallest absolute Gasteiger partial charge is 0.341 e. The summed E-state index contributed by atoms with van der Waals surface area (Å²) in [6.45, 7) is 4.42. The Hall–Kier alpha value is -2.57. The zero-order valence-corrected chi connectivity index (χ0v) is 13.8. The molecule has 1 unspecified atom stereocenters. The molecule has 2 aromatic heterocycles. The highest BCUT2D eigenvalue weighted by atomic mass is 16.5. The van der Waals surface area contributed by atoms with Gasteiger partial charge in [0.05, 0.1) is 25.9 Å². The third kappa shape index (κ3) is 4.00. The lowest BCUT2D eigenvalue weighted by Crippen LogP contribution is -2.33. The number of hydrogen-bond donors (Lipinski definition) is 0. The van der Waals surface area contributed by atoms with Gasteiger partial charge in [0.1, 0.15) is 17.1 Å². The first-order chi connectivity index (χ1) is 10.9. The van der Waals surface area contributed by atoms with Crippen molar-refractivity contribution in [3.63, 3.8) is 0 Å². The van der Waals surface area contributed by atoms with E-state index in [2.05, 4.69) is 4.98 Å². The van der Waals surface area contributed by atoms with E-state index in [1.807, 2.05) is 17.7 Å². The van der Waals surface area contributed by atoms with Crippen LogP contribution in [0.5, 0.6) is 0 Å². The van der Waals surface area contributed by atoms with Crippen LogP contribution in [0.2, 0.25) is 0 Å². The Bertz CT molecular complexity index is 676. The number of aryl methyl sites for hydroxylation is 1. The van der Waals surface area contributed by atoms with Gasteiger partial charge in [-0.3, -0.25) is 4.79 Å². The molecule has 0 saturated heterocycles. The second kappa shape index (κ2) is 7.13. The molecule has 0 radical (unpaired) electrons. The van der Waals surface area contributed by atoms with Crippen LogP contribution in [0.4, 0.5) is 0 Å². The van der Waals surface area contributed by atoms with Crippen molar-refractivity contribution in [2.45, 2.75) is 26.9 Å². The van der Waals surface area contributed by atoms with E-state index in [1.54, 1.807) is 37.5 Å². The Kier molecular flexibility index (Phi) is 5.20. The lowest BCUT2D eigenvalue weighted by atomic mass is 10.1. The molecular weight excluding hydrogens is 298 g/mol. The van der Waals surface area contributed by atoms with Crippen LogP contribution in [0.15, 0.2) is 29.2 Å². The standard InChI is InChI=1S/C16H21N3O4/c1-11(8-19-6-5-17-10-19)15(20)18(3)9-13-7-14(12(2)23-13)16(21)22-4/h5-7,10-11H,8-9H2,1-4H3. The third-order valence-electron chi connectivity index (χ3n) is 3.61. The molecule has 124 valence electrons. The Morgan fingerprint density at radius 3 is 2.83 bits per heavy atom. The number of hydrogen-bond acceptors (Lipinski definition) is 5. The summed E-state index contributed by atoms with van der Waals surface area (Å²) in [6, 6.07) is 1.62. The van der Waals surface area contributed by atoms with E-state index < -0.39 is 5.97 Å². The molecule has 1 amide bonds. The molecule has 0 aliphatic rings. The van der Waals surface area contributed by atoms with Crippen molar-refractivity contribution < 1.29 is 18.7 Å². The van der Waals surface area contributed by atoms with Crippen LogP contribution in [0.3, 0.4) is 0 Å². The van der Waals surface area contributed by atoms with Crippen molar-refractivity contribution in [3.05, 3.63) is 41.9 Å². The van der Waals surface area contributed by atoms with E-state index in [1.165, 1.54) is 7.11 Å². The molecule has 0 fully saturated rings. The largest absolute Gasteiger partial charge is 0.465 e. The summed E-state index contributed by atoms with van der Waals surface area (Å²) in [5.74, 6) is 0.394. The van der Waals surface area contributed by atoms with Crippen LogP contribution in [-0.2, 0) is 22.6 Å². The average molecular weight is 319 g/mol. The second-order valence-corrected chi connectivity index (χ2v) is 5.53. The summed E-state index contributed by atoms with van der Waals surface area (Å²) in [5, 5.41) is 0. The molecule has 0 aliphatic carbocycles. The minimum Gasteiger partial charge on any atom is -0.465 e. The van der Waals surface area contributed by atoms with Gasteiger partial charge in [-0.2, -0.15) is 0 Å². The van der Waals surface area contributed by atoms with Gasteiger partial charge in [0.2, 0.25) is 5.91 Å². The fraction of sp³-hybridized carbons (Fsp3) is 0.438. The fourth-order valence-electron chi connectivity index (χ4n) is 2.41. The summed E-state index contributed by atoms with van der Waals surface area (Å²) in [4.78, 5) is 29.5. The molecule has 7 nitrogen and oxygen atoms in total. The van der Waals surface area contributed by atoms with Gasteiger partial charge >= 0.3 is 5.97 Å². The van der Waals surface area contributed by atoms with Crippen molar-refractivity contribution in [2.24, 2.45) is 5.92 Å². The first-order valence-corrected chi connectivity index (χ1v) is 7.30. The number of esters is 1. The van der Waals surface area contributed by atoms with Gasteiger partial charge in [0.25, 0.3) is 0 Å². The highest BCUT2D eigenvalue weighted by molar-refractivity contribution is 5.90. The van der Waals surface area contributed by atoms with E-state index in [0.29, 0.717) is 30.2 Å². The molecule has 7 heteroatoms. The topological polar surface area (TPSA) is 77.6 Å². The Labute approximate surface area is 134 Å². The molecular formula is C16H21N3O4. The number of ether oxygens (including phenoxy) is 1. The average Bonchev–Trinajstić information content (AvgIpc) is 3.15. The van der Waals surface area contributed by atoms with Crippen LogP contribution in [0.1, 0.15) is 28.8 Å². The predicted molar refractivity (Wildman–Crippen MR) is 82.6 cm³/mol. The number of carbonyl (C=O) groups is 2. The lowest BCUT2D eigenvalue weighted by molar-refractivity contribution is -0.134. The van der Waals surface area contributed by atoms with Gasteiger partial charge in [-0.1, -0.05) is 6.92 Å². The highest BCUT2D eigenvalue weighted by Crippen LogP contribution is 2.18. The molecule has 2 aromatic rings. The van der Waals surface area contributed by atoms with Crippen molar-refractivity contribution in [3.8, 4) is 0 Å². The maximum absolute atomic E-state index is 12.4. The molecule has 0 bridgehead atoms. The first-order valence-electron chi connectivity index (χ1n) is 7.30. The van der Waals surface area contributed by atoms with Gasteiger partial charge in [-0.25, -0.2) is 9.78 Å². The SMILES string of the molecule is COC(=O)c1cc(CN(C)C(=O)C(C)Cn2ccnc2)oc1C. The lowest BCUT2D eigenvalue weighted by Gasteiger charge is -2.20. The summed E-state index contributed by atoms with van der Waals surface area (Å²) in [7, 11) is 3.03. The Balaban J connectivity index is 1.99. The predicted octanol–water partition coefficient (Wildman–Crippen LogP) is 1.87. The molecule has 2 rings (SSSR count). The van der Waals surface area contributed by atoms with Crippen LogP contribution in [0.25, 0.3) is 0 Å². The molecule has 0 saturated carbocycles. The molecule has 0 aromatic carbocycles. The number of imidazole rings is 1. The van der Waals surface area contributed by atoms with Gasteiger partial charge < -0.3 is 18.6 Å². The van der Waals surface area contributed by atoms with Crippen molar-refractivity contribution >= 4 is 11.9 Å². The maximum atomic E-state index is 12.4. The molecule has 0 spiro atoms. The second-order valence-electron chi connectivity index (χ2n) is 5.53. The van der Waals surface area contributed by atoms with Crippen LogP contribution in [0, 0.1) is 12.8 Å². The number of carbonyl (C=O) groups excluding carboxylic acids is 2. The maximum Gasteiger partial charge on any atom is 0.341 e. The van der Waals surface area contributed by atoms with Gasteiger partial charge in [-0.05, 0) is 13.0 Å². The monoisotopic (exact) mass is 319 g/mol.